The van der Waals surface area contributed by atoms with Crippen LogP contribution in [0.3, 0.4) is 0 Å². The molecular formula is C47H70O4. The van der Waals surface area contributed by atoms with Gasteiger partial charge in [-0.15, -0.1) is 0 Å². The van der Waals surface area contributed by atoms with Crippen LogP contribution in [0.25, 0.3) is 22.3 Å². The summed E-state index contributed by atoms with van der Waals surface area (Å²) in [5.41, 5.74) is 5.26. The second-order valence-corrected chi connectivity index (χ2v) is 14.6. The topological polar surface area (TPSA) is 55.8 Å². The van der Waals surface area contributed by atoms with Crippen molar-refractivity contribution >= 4 is 5.97 Å². The number of hydrogen-bond acceptors (Lipinski definition) is 3. The summed E-state index contributed by atoms with van der Waals surface area (Å²) in [6.07, 6.45) is 29.2. The smallest absolute Gasteiger partial charge is 0.336 e. The summed E-state index contributed by atoms with van der Waals surface area (Å²) in [5.74, 6) is -0.210. The first-order chi connectivity index (χ1) is 25.0. The largest absolute Gasteiger partial charge is 0.494 e. The zero-order valence-electron chi connectivity index (χ0n) is 32.6. The van der Waals surface area contributed by atoms with Crippen LogP contribution >= 0.6 is 0 Å². The Morgan fingerprint density at radius 1 is 0.529 bits per heavy atom. The van der Waals surface area contributed by atoms with Gasteiger partial charge in [-0.05, 0) is 65.8 Å². The minimum absolute atomic E-state index is 0.0721. The fourth-order valence-corrected chi connectivity index (χ4v) is 6.91. The number of hydrogen-bond donors (Lipinski definition) is 1. The van der Waals surface area contributed by atoms with E-state index in [9.17, 15) is 9.90 Å². The third-order valence-electron chi connectivity index (χ3n) is 10.3. The molecule has 0 aromatic heterocycles. The van der Waals surface area contributed by atoms with Gasteiger partial charge in [0.2, 0.25) is 0 Å². The number of carboxylic acid groups (broad SMARTS) is 1. The zero-order chi connectivity index (χ0) is 36.4. The van der Waals surface area contributed by atoms with E-state index in [4.69, 9.17) is 9.47 Å². The SMILES string of the molecule is CCCCCCCCCCCCCCCCOC(C)c1ccc(-c2ccc(-c3cc(OCCCCCCCCCC)ccc3C(=O)O)cc2)cc1. The van der Waals surface area contributed by atoms with E-state index in [1.165, 1.54) is 134 Å². The van der Waals surface area contributed by atoms with Gasteiger partial charge in [-0.25, -0.2) is 4.79 Å². The van der Waals surface area contributed by atoms with E-state index in [0.717, 1.165) is 41.9 Å². The molecule has 3 aromatic rings. The van der Waals surface area contributed by atoms with Crippen LogP contribution in [0.15, 0.2) is 66.7 Å². The molecule has 0 spiro atoms. The lowest BCUT2D eigenvalue weighted by molar-refractivity contribution is 0.0627. The summed E-state index contributed by atoms with van der Waals surface area (Å²) in [6, 6.07) is 22.1. The fraction of sp³-hybridized carbons (Fsp3) is 0.596. The van der Waals surface area contributed by atoms with Gasteiger partial charge in [0.1, 0.15) is 5.75 Å². The van der Waals surface area contributed by atoms with Crippen LogP contribution in [-0.2, 0) is 4.74 Å². The molecule has 0 saturated heterocycles. The van der Waals surface area contributed by atoms with E-state index in [0.29, 0.717) is 12.2 Å². The summed E-state index contributed by atoms with van der Waals surface area (Å²) < 4.78 is 12.2. The molecule has 1 atom stereocenters. The van der Waals surface area contributed by atoms with Crippen molar-refractivity contribution in [2.75, 3.05) is 13.2 Å². The van der Waals surface area contributed by atoms with Crippen molar-refractivity contribution in [1.82, 2.24) is 0 Å². The Morgan fingerprint density at radius 2 is 0.941 bits per heavy atom. The van der Waals surface area contributed by atoms with Gasteiger partial charge in [-0.3, -0.25) is 0 Å². The maximum atomic E-state index is 12.1. The van der Waals surface area contributed by atoms with Crippen LogP contribution in [0.5, 0.6) is 5.75 Å². The van der Waals surface area contributed by atoms with Crippen molar-refractivity contribution in [3.63, 3.8) is 0 Å². The van der Waals surface area contributed by atoms with Gasteiger partial charge in [0.15, 0.2) is 0 Å². The third kappa shape index (κ3) is 17.3. The van der Waals surface area contributed by atoms with E-state index >= 15 is 0 Å². The fourth-order valence-electron chi connectivity index (χ4n) is 6.91. The lowest BCUT2D eigenvalue weighted by atomic mass is 9.96. The maximum absolute atomic E-state index is 12.1. The Bertz CT molecular complexity index is 1310. The highest BCUT2D eigenvalue weighted by Crippen LogP contribution is 2.31. The van der Waals surface area contributed by atoms with Crippen LogP contribution in [0.1, 0.15) is 184 Å². The first-order valence-electron chi connectivity index (χ1n) is 20.9. The van der Waals surface area contributed by atoms with E-state index in [1.54, 1.807) is 12.1 Å². The molecule has 3 aromatic carbocycles. The maximum Gasteiger partial charge on any atom is 0.336 e. The molecular weight excluding hydrogens is 629 g/mol. The molecule has 1 N–H and O–H groups in total. The summed E-state index contributed by atoms with van der Waals surface area (Å²) in [4.78, 5) is 12.1. The van der Waals surface area contributed by atoms with Gasteiger partial charge in [-0.2, -0.15) is 0 Å². The molecule has 4 nitrogen and oxygen atoms in total. The molecule has 0 bridgehead atoms. The van der Waals surface area contributed by atoms with E-state index in [2.05, 4.69) is 57.2 Å². The second kappa shape index (κ2) is 26.6. The lowest BCUT2D eigenvalue weighted by Gasteiger charge is -2.14. The molecule has 0 fully saturated rings. The molecule has 0 aliphatic heterocycles. The number of aromatic carboxylic acids is 1. The number of unbranched alkanes of at least 4 members (excludes halogenated alkanes) is 20. The number of carboxylic acids is 1. The summed E-state index contributed by atoms with van der Waals surface area (Å²) in [6.45, 7) is 8.14. The molecule has 0 aliphatic rings. The van der Waals surface area contributed by atoms with Gasteiger partial charge >= 0.3 is 5.97 Å². The van der Waals surface area contributed by atoms with Gasteiger partial charge in [0, 0.05) is 6.61 Å². The minimum atomic E-state index is -0.931. The van der Waals surface area contributed by atoms with E-state index in [1.807, 2.05) is 18.2 Å². The molecule has 1 unspecified atom stereocenters. The van der Waals surface area contributed by atoms with E-state index < -0.39 is 5.97 Å². The van der Waals surface area contributed by atoms with E-state index in [-0.39, 0.29) is 11.7 Å². The summed E-state index contributed by atoms with van der Waals surface area (Å²) in [5, 5.41) is 9.89. The minimum Gasteiger partial charge on any atom is -0.494 e. The summed E-state index contributed by atoms with van der Waals surface area (Å²) in [7, 11) is 0. The van der Waals surface area contributed by atoms with Gasteiger partial charge in [0.05, 0.1) is 18.3 Å². The molecule has 0 amide bonds. The second-order valence-electron chi connectivity index (χ2n) is 14.6. The van der Waals surface area contributed by atoms with Crippen LogP contribution in [-0.4, -0.2) is 24.3 Å². The van der Waals surface area contributed by atoms with Crippen molar-refractivity contribution < 1.29 is 19.4 Å². The summed E-state index contributed by atoms with van der Waals surface area (Å²) >= 11 is 0. The van der Waals surface area contributed by atoms with Crippen molar-refractivity contribution in [3.05, 3.63) is 77.9 Å². The Balaban J connectivity index is 1.37. The highest BCUT2D eigenvalue weighted by molar-refractivity contribution is 5.96. The van der Waals surface area contributed by atoms with Crippen LogP contribution < -0.4 is 4.74 Å². The van der Waals surface area contributed by atoms with Crippen molar-refractivity contribution in [2.24, 2.45) is 0 Å². The number of carbonyl (C=O) groups is 1. The average Bonchev–Trinajstić information content (AvgIpc) is 3.15. The monoisotopic (exact) mass is 699 g/mol. The first-order valence-corrected chi connectivity index (χ1v) is 20.9. The van der Waals surface area contributed by atoms with Crippen molar-refractivity contribution in [2.45, 2.75) is 168 Å². The predicted molar refractivity (Wildman–Crippen MR) is 217 cm³/mol. The number of ether oxygens (including phenoxy) is 2. The highest BCUT2D eigenvalue weighted by atomic mass is 16.5. The number of benzene rings is 3. The Kier molecular flexibility index (Phi) is 22.1. The molecule has 0 heterocycles. The normalized spacial score (nSPS) is 11.9. The number of rotatable bonds is 30. The molecule has 4 heteroatoms. The molecule has 51 heavy (non-hydrogen) atoms. The van der Waals surface area contributed by atoms with Gasteiger partial charge in [-0.1, -0.05) is 191 Å². The molecule has 282 valence electrons. The molecule has 0 aliphatic carbocycles. The lowest BCUT2D eigenvalue weighted by Crippen LogP contribution is -2.02. The van der Waals surface area contributed by atoms with Crippen LogP contribution in [0, 0.1) is 0 Å². The molecule has 0 radical (unpaired) electrons. The van der Waals surface area contributed by atoms with Crippen LogP contribution in [0.4, 0.5) is 0 Å². The first kappa shape index (κ1) is 42.3. The van der Waals surface area contributed by atoms with Crippen LogP contribution in [0.2, 0.25) is 0 Å². The zero-order valence-corrected chi connectivity index (χ0v) is 32.6. The van der Waals surface area contributed by atoms with Gasteiger partial charge in [0.25, 0.3) is 0 Å². The highest BCUT2D eigenvalue weighted by Gasteiger charge is 2.14. The van der Waals surface area contributed by atoms with Crippen molar-refractivity contribution in [1.29, 1.82) is 0 Å². The Labute approximate surface area is 311 Å². The average molecular weight is 699 g/mol. The third-order valence-corrected chi connectivity index (χ3v) is 10.3. The van der Waals surface area contributed by atoms with Gasteiger partial charge < -0.3 is 14.6 Å². The Hall–Kier alpha value is -3.11. The quantitative estimate of drug-likeness (QED) is 0.0704. The molecule has 0 saturated carbocycles. The van der Waals surface area contributed by atoms with Crippen molar-refractivity contribution in [3.8, 4) is 28.0 Å². The Morgan fingerprint density at radius 3 is 1.41 bits per heavy atom. The predicted octanol–water partition coefficient (Wildman–Crippen LogP) is 14.8. The standard InChI is InChI=1S/C47H70O4/c1-4-6-8-10-12-14-15-16-17-18-19-21-22-24-36-50-39(3)40-26-28-41(29-27-40)42-30-32-43(33-31-42)46-38-44(34-35-45(46)47(48)49)51-37-25-23-20-13-11-9-7-5-2/h26-35,38-39H,4-25,36-37H2,1-3H3,(H,48,49). The molecule has 3 rings (SSSR count).